The van der Waals surface area contributed by atoms with E-state index >= 15 is 0 Å². The van der Waals surface area contributed by atoms with Crippen molar-refractivity contribution >= 4 is 51.7 Å². The molecule has 0 atom stereocenters. The van der Waals surface area contributed by atoms with Gasteiger partial charge in [0, 0.05) is 11.4 Å². The molecule has 0 spiro atoms. The number of anilines is 1. The van der Waals surface area contributed by atoms with Gasteiger partial charge in [0.05, 0.1) is 5.69 Å². The first-order chi connectivity index (χ1) is 9.10. The van der Waals surface area contributed by atoms with Crippen molar-refractivity contribution in [3.63, 3.8) is 0 Å². The molecule has 0 aliphatic carbocycles. The number of nitrogens with one attached hydrogen (secondary N) is 1. The minimum Gasteiger partial charge on any atom is -0.334 e. The summed E-state index contributed by atoms with van der Waals surface area (Å²) in [6.07, 6.45) is 0. The van der Waals surface area contributed by atoms with E-state index in [1.165, 1.54) is 27.9 Å². The lowest BCUT2D eigenvalue weighted by Crippen LogP contribution is -2.22. The molecule has 19 heavy (non-hydrogen) atoms. The Morgan fingerprint density at radius 3 is 2.79 bits per heavy atom. The van der Waals surface area contributed by atoms with Crippen LogP contribution < -0.4 is 10.2 Å². The lowest BCUT2D eigenvalue weighted by molar-refractivity contribution is -0.115. The molecule has 3 rings (SSSR count). The topological polar surface area (TPSA) is 32.3 Å². The van der Waals surface area contributed by atoms with E-state index < -0.39 is 0 Å². The predicted octanol–water partition coefficient (Wildman–Crippen LogP) is 3.24. The average molecular weight is 308 g/mol. The van der Waals surface area contributed by atoms with Crippen LogP contribution in [0.1, 0.15) is 12.5 Å². The van der Waals surface area contributed by atoms with Crippen molar-refractivity contribution < 1.29 is 4.79 Å². The Balaban J connectivity index is 2.09. The molecule has 1 N–H and O–H groups in total. The van der Waals surface area contributed by atoms with E-state index in [1.807, 2.05) is 0 Å². The number of nitrogens with zero attached hydrogens (tertiary/aromatic N) is 1. The molecule has 1 aromatic rings. The summed E-state index contributed by atoms with van der Waals surface area (Å²) in [6.45, 7) is 5.01. The van der Waals surface area contributed by atoms with Crippen LogP contribution in [0.5, 0.6) is 0 Å². The second-order valence-corrected chi connectivity index (χ2v) is 7.01. The fraction of sp³-hybridized carbons (Fsp3) is 0.231. The second-order valence-electron chi connectivity index (χ2n) is 4.30. The SMILES string of the molecule is CCN1C(=C2SC(=S)NC2=O)Sc2ccc(C)cc21. The highest BCUT2D eigenvalue weighted by atomic mass is 32.2. The molecule has 0 bridgehead atoms. The summed E-state index contributed by atoms with van der Waals surface area (Å²) in [4.78, 5) is 16.0. The summed E-state index contributed by atoms with van der Waals surface area (Å²) in [6, 6.07) is 6.37. The molecule has 1 fully saturated rings. The van der Waals surface area contributed by atoms with E-state index in [-0.39, 0.29) is 5.91 Å². The molecule has 98 valence electrons. The minimum atomic E-state index is -0.0829. The standard InChI is InChI=1S/C13H12N2OS3/c1-3-15-8-6-7(2)4-5-9(8)18-12(15)10-11(16)14-13(17)19-10/h4-6H,3H2,1-2H3,(H,14,16,17). The van der Waals surface area contributed by atoms with Crippen LogP contribution in [0, 0.1) is 6.92 Å². The molecule has 1 aromatic carbocycles. The van der Waals surface area contributed by atoms with Crippen molar-refractivity contribution in [2.75, 3.05) is 11.4 Å². The van der Waals surface area contributed by atoms with Gasteiger partial charge in [-0.1, -0.05) is 41.8 Å². The van der Waals surface area contributed by atoms with Crippen molar-refractivity contribution in [2.45, 2.75) is 18.7 Å². The third-order valence-corrected chi connectivity index (χ3v) is 5.52. The van der Waals surface area contributed by atoms with E-state index in [4.69, 9.17) is 12.2 Å². The van der Waals surface area contributed by atoms with Crippen molar-refractivity contribution in [3.8, 4) is 0 Å². The maximum atomic E-state index is 11.9. The Bertz CT molecular complexity index is 624. The highest BCUT2D eigenvalue weighted by Gasteiger charge is 2.33. The van der Waals surface area contributed by atoms with Gasteiger partial charge in [-0.15, -0.1) is 0 Å². The quantitative estimate of drug-likeness (QED) is 0.636. The normalized spacial score (nSPS) is 21.9. The van der Waals surface area contributed by atoms with Crippen LogP contribution in [0.15, 0.2) is 33.0 Å². The molecular weight excluding hydrogens is 296 g/mol. The molecule has 0 aromatic heterocycles. The van der Waals surface area contributed by atoms with E-state index in [2.05, 4.69) is 42.3 Å². The van der Waals surface area contributed by atoms with Gasteiger partial charge < -0.3 is 10.2 Å². The van der Waals surface area contributed by atoms with Gasteiger partial charge in [-0.2, -0.15) is 0 Å². The average Bonchev–Trinajstić information content (AvgIpc) is 2.88. The zero-order chi connectivity index (χ0) is 13.6. The number of carbonyl (C=O) groups is 1. The summed E-state index contributed by atoms with van der Waals surface area (Å²) in [5.41, 5.74) is 2.41. The van der Waals surface area contributed by atoms with Gasteiger partial charge in [-0.25, -0.2) is 0 Å². The molecule has 3 nitrogen and oxygen atoms in total. The first-order valence-electron chi connectivity index (χ1n) is 5.93. The van der Waals surface area contributed by atoms with Crippen LogP contribution in [-0.2, 0) is 4.79 Å². The first kappa shape index (κ1) is 13.0. The van der Waals surface area contributed by atoms with Crippen LogP contribution >= 0.6 is 35.7 Å². The third kappa shape index (κ3) is 2.17. The fourth-order valence-electron chi connectivity index (χ4n) is 2.13. The Kier molecular flexibility index (Phi) is 3.32. The second kappa shape index (κ2) is 4.85. The number of rotatable bonds is 1. The number of thiocarbonyl (C=S) groups is 1. The maximum absolute atomic E-state index is 11.9. The summed E-state index contributed by atoms with van der Waals surface area (Å²) >= 11 is 8.06. The van der Waals surface area contributed by atoms with Gasteiger partial charge in [-0.3, -0.25) is 4.79 Å². The largest absolute Gasteiger partial charge is 0.334 e. The lowest BCUT2D eigenvalue weighted by atomic mass is 10.2. The lowest BCUT2D eigenvalue weighted by Gasteiger charge is -2.19. The van der Waals surface area contributed by atoms with Gasteiger partial charge in [-0.05, 0) is 31.5 Å². The number of aryl methyl sites for hydroxylation is 1. The van der Waals surface area contributed by atoms with Gasteiger partial charge in [0.25, 0.3) is 5.91 Å². The zero-order valence-electron chi connectivity index (χ0n) is 10.5. The summed E-state index contributed by atoms with van der Waals surface area (Å²) in [7, 11) is 0. The smallest absolute Gasteiger partial charge is 0.266 e. The number of hydrogen-bond donors (Lipinski definition) is 1. The predicted molar refractivity (Wildman–Crippen MR) is 85.4 cm³/mol. The molecule has 0 unspecified atom stereocenters. The van der Waals surface area contributed by atoms with E-state index in [9.17, 15) is 4.79 Å². The molecule has 2 aliphatic rings. The molecule has 6 heteroatoms. The van der Waals surface area contributed by atoms with E-state index in [0.29, 0.717) is 9.23 Å². The summed E-state index contributed by atoms with van der Waals surface area (Å²) < 4.78 is 0.538. The number of thioether (sulfide) groups is 2. The van der Waals surface area contributed by atoms with Crippen molar-refractivity contribution in [3.05, 3.63) is 33.7 Å². The number of amides is 1. The Morgan fingerprint density at radius 1 is 1.37 bits per heavy atom. The summed E-state index contributed by atoms with van der Waals surface area (Å²) in [5.74, 6) is -0.0829. The number of benzene rings is 1. The van der Waals surface area contributed by atoms with Gasteiger partial charge in [0.2, 0.25) is 0 Å². The molecule has 0 radical (unpaired) electrons. The van der Waals surface area contributed by atoms with Crippen molar-refractivity contribution in [1.82, 2.24) is 5.32 Å². The van der Waals surface area contributed by atoms with E-state index in [1.54, 1.807) is 11.8 Å². The first-order valence-corrected chi connectivity index (χ1v) is 7.97. The van der Waals surface area contributed by atoms with Crippen LogP contribution in [0.3, 0.4) is 0 Å². The highest BCUT2D eigenvalue weighted by Crippen LogP contribution is 2.49. The maximum Gasteiger partial charge on any atom is 0.266 e. The number of fused-ring (bicyclic) bond motifs is 1. The van der Waals surface area contributed by atoms with Gasteiger partial charge >= 0.3 is 0 Å². The third-order valence-electron chi connectivity index (χ3n) is 2.98. The number of hydrogen-bond acceptors (Lipinski definition) is 5. The van der Waals surface area contributed by atoms with Gasteiger partial charge in [0.15, 0.2) is 0 Å². The molecule has 1 saturated heterocycles. The molecule has 2 aliphatic heterocycles. The van der Waals surface area contributed by atoms with Crippen LogP contribution in [0.4, 0.5) is 5.69 Å². The van der Waals surface area contributed by atoms with Crippen LogP contribution in [0.2, 0.25) is 0 Å². The highest BCUT2D eigenvalue weighted by molar-refractivity contribution is 8.27. The minimum absolute atomic E-state index is 0.0829. The molecular formula is C13H12N2OS3. The fourth-order valence-corrected chi connectivity index (χ4v) is 4.54. The molecule has 0 saturated carbocycles. The van der Waals surface area contributed by atoms with Crippen LogP contribution in [-0.4, -0.2) is 16.8 Å². The molecule has 2 heterocycles. The Hall–Kier alpha value is -0.980. The summed E-state index contributed by atoms with van der Waals surface area (Å²) in [5, 5.41) is 3.68. The monoisotopic (exact) mass is 308 g/mol. The van der Waals surface area contributed by atoms with Crippen LogP contribution in [0.25, 0.3) is 0 Å². The van der Waals surface area contributed by atoms with Crippen molar-refractivity contribution in [1.29, 1.82) is 0 Å². The zero-order valence-corrected chi connectivity index (χ0v) is 13.0. The number of carbonyl (C=O) groups excluding carboxylic acids is 1. The molecule has 1 amide bonds. The van der Waals surface area contributed by atoms with Gasteiger partial charge in [0.1, 0.15) is 14.3 Å². The Labute approximate surface area is 125 Å². The van der Waals surface area contributed by atoms with E-state index in [0.717, 1.165) is 11.6 Å². The Morgan fingerprint density at radius 2 is 2.16 bits per heavy atom. The van der Waals surface area contributed by atoms with Crippen molar-refractivity contribution in [2.24, 2.45) is 0 Å².